The van der Waals surface area contributed by atoms with E-state index in [-0.39, 0.29) is 36.7 Å². The first kappa shape index (κ1) is 45.2. The number of hydrogen-bond acceptors (Lipinski definition) is 12. The van der Waals surface area contributed by atoms with E-state index in [4.69, 9.17) is 35.3 Å². The minimum Gasteiger partial charge on any atom is -0.495 e. The number of allylic oxidation sites excluding steroid dienone is 3. The van der Waals surface area contributed by atoms with Crippen LogP contribution in [-0.4, -0.2) is 127 Å². The van der Waals surface area contributed by atoms with Gasteiger partial charge in [-0.15, -0.1) is 4.79 Å². The van der Waals surface area contributed by atoms with Gasteiger partial charge in [0.2, 0.25) is 17.9 Å². The molecule has 1 aromatic rings. The van der Waals surface area contributed by atoms with Crippen molar-refractivity contribution in [1.29, 1.82) is 0 Å². The Morgan fingerprint density at radius 1 is 1.17 bits per heavy atom. The van der Waals surface area contributed by atoms with E-state index in [1.54, 1.807) is 45.2 Å². The number of fused-ring (bicyclic) bond motifs is 5. The van der Waals surface area contributed by atoms with Gasteiger partial charge in [-0.3, -0.25) is 14.9 Å². The number of benzene rings is 1. The highest BCUT2D eigenvalue weighted by molar-refractivity contribution is 6.35. The third kappa shape index (κ3) is 10.1. The summed E-state index contributed by atoms with van der Waals surface area (Å²) in [5.74, 6) is -2.68. The maximum atomic E-state index is 14.2. The maximum absolute atomic E-state index is 14.2. The molecule has 8 atom stereocenters. The molecule has 4 bridgehead atoms. The second-order valence-electron chi connectivity index (χ2n) is 15.8. The van der Waals surface area contributed by atoms with Crippen molar-refractivity contribution in [2.75, 3.05) is 39.8 Å². The summed E-state index contributed by atoms with van der Waals surface area (Å²) in [6.07, 6.45) is 5.71. The van der Waals surface area contributed by atoms with Crippen LogP contribution in [0.5, 0.6) is 5.75 Å². The van der Waals surface area contributed by atoms with Gasteiger partial charge in [-0.25, -0.2) is 14.4 Å². The molecule has 0 saturated carbocycles. The normalized spacial score (nSPS) is 30.3. The minimum absolute atomic E-state index is 0.0775. The number of epoxide rings is 1. The fourth-order valence-corrected chi connectivity index (χ4v) is 8.02. The lowest BCUT2D eigenvalue weighted by molar-refractivity contribution is -0.162. The van der Waals surface area contributed by atoms with Crippen LogP contribution in [0, 0.1) is 12.0 Å². The number of likely N-dealkylation sites (N-methyl/N-ethyl adjacent to an activating group) is 1. The third-order valence-electron chi connectivity index (χ3n) is 11.6. The number of nitrogens with one attached hydrogen (secondary N) is 1. The number of esters is 1. The van der Waals surface area contributed by atoms with Crippen LogP contribution in [0.1, 0.15) is 71.8 Å². The summed E-state index contributed by atoms with van der Waals surface area (Å²) in [5.41, 5.74) is -1.06. The van der Waals surface area contributed by atoms with Crippen molar-refractivity contribution in [3.8, 4) is 5.75 Å². The summed E-state index contributed by atoms with van der Waals surface area (Å²) in [4.78, 5) is 81.4. The number of unbranched alkanes of at least 4 members (excludes halogenated alkanes) is 2. The molecular weight excluding hydrogens is 788 g/mol. The fraction of sp³-hybridized carbons (Fsp3) is 0.571. The number of anilines is 1. The molecule has 16 nitrogen and oxygen atoms in total. The van der Waals surface area contributed by atoms with Crippen LogP contribution in [0.3, 0.4) is 0 Å². The standard InChI is InChI=1S/C42H53ClN4O12/c1-24-13-12-14-31(56-8)42(54)23-30(57-40(53)44-42)25(2)38-41(4,59-38)32(22-36(51)46(6)28-20-27(19-24)21-29(55-7)37(28)43)58-39(52)26(3)45(5)33(48)15-10-9-11-18-47-34(49)16-17-35(47)50/h12-14,16,20-21,25-26,30-32,38,54H,9-11,15,18-19,22-23H2,1-8H3/p+1/b14-12+,24-13+/t25-,26+,30+,31-,32+,38?,41+,42+/m1/s1. The van der Waals surface area contributed by atoms with E-state index in [0.717, 1.165) is 22.1 Å². The zero-order chi connectivity index (χ0) is 43.4. The van der Waals surface area contributed by atoms with Gasteiger partial charge in [0.1, 0.15) is 40.7 Å². The first-order chi connectivity index (χ1) is 27.8. The Balaban J connectivity index is 1.39. The Morgan fingerprint density at radius 3 is 2.56 bits per heavy atom. The Morgan fingerprint density at radius 2 is 1.90 bits per heavy atom. The van der Waals surface area contributed by atoms with Crippen molar-refractivity contribution in [1.82, 2.24) is 15.1 Å². The molecule has 5 rings (SSSR count). The zero-order valence-electron chi connectivity index (χ0n) is 34.7. The lowest BCUT2D eigenvalue weighted by Crippen LogP contribution is -2.63. The Kier molecular flexibility index (Phi) is 14.3. The van der Waals surface area contributed by atoms with Gasteiger partial charge in [0.15, 0.2) is 11.8 Å². The largest absolute Gasteiger partial charge is 0.495 e. The topological polar surface area (TPSA) is 194 Å². The summed E-state index contributed by atoms with van der Waals surface area (Å²) < 4.78 is 29.2. The minimum atomic E-state index is -1.85. The summed E-state index contributed by atoms with van der Waals surface area (Å²) in [5, 5.41) is 14.5. The molecule has 2 fully saturated rings. The Labute approximate surface area is 349 Å². The number of methoxy groups -OCH3 is 2. The molecule has 1 aromatic carbocycles. The van der Waals surface area contributed by atoms with Gasteiger partial charge >= 0.3 is 23.9 Å². The molecule has 0 spiro atoms. The van der Waals surface area contributed by atoms with Crippen molar-refractivity contribution in [3.63, 3.8) is 0 Å². The number of imide groups is 1. The van der Waals surface area contributed by atoms with Crippen molar-refractivity contribution in [2.24, 2.45) is 5.92 Å². The van der Waals surface area contributed by atoms with E-state index in [1.807, 2.05) is 13.0 Å². The zero-order valence-corrected chi connectivity index (χ0v) is 35.5. The van der Waals surface area contributed by atoms with Crippen molar-refractivity contribution >= 4 is 53.0 Å². The first-order valence-corrected chi connectivity index (χ1v) is 20.0. The molecule has 17 heteroatoms. The van der Waals surface area contributed by atoms with Crippen LogP contribution >= 0.6 is 11.6 Å². The second kappa shape index (κ2) is 18.6. The average Bonchev–Trinajstić information content (AvgIpc) is 3.79. The summed E-state index contributed by atoms with van der Waals surface area (Å²) >= 11 is 6.77. The van der Waals surface area contributed by atoms with Crippen molar-refractivity contribution < 1.29 is 57.6 Å². The number of halogens is 1. The smallest absolute Gasteiger partial charge is 0.416 e. The maximum Gasteiger partial charge on any atom is 0.416 e. The number of carbonyl (C=O) groups excluding carboxylic acids is 6. The number of rotatable bonds is 11. The van der Waals surface area contributed by atoms with Gasteiger partial charge in [-0.05, 0) is 57.7 Å². The second-order valence-corrected chi connectivity index (χ2v) is 16.2. The number of alkyl carbamates (subject to hydrolysis) is 1. The van der Waals surface area contributed by atoms with Crippen LogP contribution in [0.4, 0.5) is 10.5 Å². The van der Waals surface area contributed by atoms with Gasteiger partial charge < -0.3 is 38.6 Å². The predicted octanol–water partition coefficient (Wildman–Crippen LogP) is 3.80. The molecule has 2 N–H and O–H groups in total. The molecule has 2 saturated heterocycles. The Hall–Kier alpha value is -4.86. The molecule has 1 unspecified atom stereocenters. The number of hydrogen-bond donors (Lipinski definition) is 2. The van der Waals surface area contributed by atoms with Crippen molar-refractivity contribution in [2.45, 2.75) is 114 Å². The molecule has 0 aliphatic carbocycles. The number of nitrogens with zero attached hydrogens (tertiary/aromatic N) is 3. The van der Waals surface area contributed by atoms with Gasteiger partial charge in [-0.2, -0.15) is 4.90 Å². The summed E-state index contributed by atoms with van der Waals surface area (Å²) in [6.45, 7) is 7.12. The van der Waals surface area contributed by atoms with Crippen molar-refractivity contribution in [3.05, 3.63) is 58.7 Å². The summed E-state index contributed by atoms with van der Waals surface area (Å²) in [7, 11) is 5.93. The monoisotopic (exact) mass is 841 g/mol. The van der Waals surface area contributed by atoms with E-state index in [0.29, 0.717) is 37.1 Å². The Bertz CT molecular complexity index is 1900. The highest BCUT2D eigenvalue weighted by Crippen LogP contribution is 2.49. The predicted molar refractivity (Wildman–Crippen MR) is 214 cm³/mol. The van der Waals surface area contributed by atoms with E-state index in [1.165, 1.54) is 38.0 Å². The van der Waals surface area contributed by atoms with Crippen LogP contribution in [-0.2, 0) is 49.3 Å². The molecule has 0 aromatic heterocycles. The number of carbonyl (C=O) groups is 6. The molecule has 0 radical (unpaired) electrons. The van der Waals surface area contributed by atoms with Crippen LogP contribution in [0.2, 0.25) is 5.02 Å². The average molecular weight is 842 g/mol. The highest BCUT2D eigenvalue weighted by atomic mass is 35.5. The molecule has 4 heterocycles. The van der Waals surface area contributed by atoms with Gasteiger partial charge in [-0.1, -0.05) is 48.7 Å². The van der Waals surface area contributed by atoms with Crippen LogP contribution in [0.15, 0.2) is 42.0 Å². The molecule has 5 amide bonds. The van der Waals surface area contributed by atoms with E-state index >= 15 is 0 Å². The highest BCUT2D eigenvalue weighted by Gasteiger charge is 2.64. The SMILES string of the molecule is COc1cc2cc(c1Cl)N(C)C(=O)C[C@H](OC(=O)[C@H](C)N(C)C(=O)CCCCCN1C(=O)[C+]=CC1=O)[C@]1(C)OC1[C@H](C)[C@@H]1C[C@@](O)(NC(=O)O1)[C@H](OC)/C=C/C=C(\C)C2. The number of ether oxygens (including phenoxy) is 5. The molecule has 4 aliphatic heterocycles. The van der Waals surface area contributed by atoms with Gasteiger partial charge in [0.05, 0.1) is 31.9 Å². The molecule has 4 aliphatic rings. The molecule has 320 valence electrons. The molecular formula is C42H54ClN4O12+. The van der Waals surface area contributed by atoms with E-state index < -0.39 is 77.5 Å². The first-order valence-electron chi connectivity index (χ1n) is 19.6. The van der Waals surface area contributed by atoms with Crippen LogP contribution in [0.25, 0.3) is 0 Å². The van der Waals surface area contributed by atoms with E-state index in [2.05, 4.69) is 11.4 Å². The lowest BCUT2D eigenvalue weighted by Gasteiger charge is -2.42. The third-order valence-corrected chi connectivity index (χ3v) is 12.0. The van der Waals surface area contributed by atoms with Gasteiger partial charge in [0.25, 0.3) is 0 Å². The van der Waals surface area contributed by atoms with E-state index in [9.17, 15) is 33.9 Å². The number of amides is 5. The molecule has 59 heavy (non-hydrogen) atoms. The van der Waals surface area contributed by atoms with Crippen LogP contribution < -0.4 is 15.0 Å². The number of aliphatic hydroxyl groups is 1. The summed E-state index contributed by atoms with van der Waals surface area (Å²) in [6, 6.07) is 2.49. The van der Waals surface area contributed by atoms with Gasteiger partial charge in [0, 0.05) is 40.0 Å². The lowest BCUT2D eigenvalue weighted by atomic mass is 9.83. The quantitative estimate of drug-likeness (QED) is 0.108. The fourth-order valence-electron chi connectivity index (χ4n) is 7.71.